The number of hydrogen-bond acceptors (Lipinski definition) is 4. The maximum absolute atomic E-state index is 13.5. The fourth-order valence-electron chi connectivity index (χ4n) is 2.92. The number of nitrogens with zero attached hydrogens (tertiary/aromatic N) is 3. The summed E-state index contributed by atoms with van der Waals surface area (Å²) in [6.07, 6.45) is 0. The summed E-state index contributed by atoms with van der Waals surface area (Å²) in [5.41, 5.74) is 2.66. The van der Waals surface area contributed by atoms with Gasteiger partial charge >= 0.3 is 0 Å². The first kappa shape index (κ1) is 17.6. The molecule has 1 aromatic carbocycles. The average molecular weight is 367 g/mol. The van der Waals surface area contributed by atoms with Crippen LogP contribution in [0.2, 0.25) is 0 Å². The van der Waals surface area contributed by atoms with Crippen LogP contribution < -0.4 is 4.90 Å². The maximum atomic E-state index is 13.5. The summed E-state index contributed by atoms with van der Waals surface area (Å²) in [4.78, 5) is 14.5. The molecule has 3 heterocycles. The van der Waals surface area contributed by atoms with Crippen molar-refractivity contribution in [3.8, 4) is 22.6 Å². The zero-order valence-corrected chi connectivity index (χ0v) is 14.4. The molecule has 0 bridgehead atoms. The molecule has 0 spiro atoms. The van der Waals surface area contributed by atoms with E-state index in [9.17, 15) is 8.78 Å². The maximum Gasteiger partial charge on any atom is 0.159 e. The fourth-order valence-corrected chi connectivity index (χ4v) is 2.92. The number of halogens is 3. The Labute approximate surface area is 149 Å². The highest BCUT2D eigenvalue weighted by molar-refractivity contribution is 5.85. The standard InChI is InChI=1S/C17H16F2N4O.ClH/c1-10-20-15-9-14(11-2-3-12(18)13(19)8-11)22-16(15)17(21-10)23-4-6-24-7-5-23;/h2-3,8-9H,4-7H2,1H3,(H,20,21);1H. The minimum absolute atomic E-state index is 0. The van der Waals surface area contributed by atoms with Crippen molar-refractivity contribution in [3.63, 3.8) is 0 Å². The van der Waals surface area contributed by atoms with Gasteiger partial charge in [-0.15, -0.1) is 12.4 Å². The normalized spacial score (nSPS) is 14.6. The lowest BCUT2D eigenvalue weighted by Crippen LogP contribution is -2.37. The third-order valence-corrected chi connectivity index (χ3v) is 4.10. The number of nitrogens with one attached hydrogen (secondary N) is 1. The molecule has 0 aromatic heterocycles. The van der Waals surface area contributed by atoms with E-state index in [1.54, 1.807) is 0 Å². The number of rotatable bonds is 2. The highest BCUT2D eigenvalue weighted by Gasteiger charge is 2.23. The summed E-state index contributed by atoms with van der Waals surface area (Å²) >= 11 is 0. The van der Waals surface area contributed by atoms with Gasteiger partial charge in [0.15, 0.2) is 17.5 Å². The van der Waals surface area contributed by atoms with Gasteiger partial charge in [-0.05, 0) is 31.2 Å². The number of aromatic nitrogens is 3. The first-order chi connectivity index (χ1) is 11.6. The quantitative estimate of drug-likeness (QED) is 0.755. The minimum Gasteiger partial charge on any atom is -0.378 e. The summed E-state index contributed by atoms with van der Waals surface area (Å²) in [6.45, 7) is 4.68. The molecule has 0 unspecified atom stereocenters. The summed E-state index contributed by atoms with van der Waals surface area (Å²) < 4.78 is 32.0. The highest BCUT2D eigenvalue weighted by Crippen LogP contribution is 2.34. The van der Waals surface area contributed by atoms with Gasteiger partial charge in [0.25, 0.3) is 0 Å². The molecule has 8 heteroatoms. The number of anilines is 1. The number of benzene rings is 1. The predicted molar refractivity (Wildman–Crippen MR) is 93.4 cm³/mol. The molecular formula is C17H17ClF2N4O. The van der Waals surface area contributed by atoms with E-state index < -0.39 is 11.6 Å². The van der Waals surface area contributed by atoms with Gasteiger partial charge in [0, 0.05) is 18.7 Å². The molecule has 1 fully saturated rings. The minimum atomic E-state index is -0.883. The molecular weight excluding hydrogens is 350 g/mol. The third kappa shape index (κ3) is 3.29. The molecule has 1 N–H and O–H groups in total. The molecule has 0 amide bonds. The van der Waals surface area contributed by atoms with Gasteiger partial charge in [-0.2, -0.15) is 0 Å². The van der Waals surface area contributed by atoms with Gasteiger partial charge in [-0.25, -0.2) is 18.7 Å². The Bertz CT molecular complexity index is 864. The molecule has 0 atom stereocenters. The molecule has 3 aliphatic heterocycles. The van der Waals surface area contributed by atoms with E-state index in [4.69, 9.17) is 4.74 Å². The van der Waals surface area contributed by atoms with Gasteiger partial charge in [0.2, 0.25) is 0 Å². The number of ether oxygens (including phenoxy) is 1. The van der Waals surface area contributed by atoms with E-state index in [1.165, 1.54) is 6.07 Å². The van der Waals surface area contributed by atoms with E-state index in [0.29, 0.717) is 24.5 Å². The van der Waals surface area contributed by atoms with Gasteiger partial charge in [0.1, 0.15) is 11.5 Å². The Morgan fingerprint density at radius 2 is 1.84 bits per heavy atom. The van der Waals surface area contributed by atoms with Crippen LogP contribution in [-0.4, -0.2) is 41.3 Å². The van der Waals surface area contributed by atoms with Crippen LogP contribution in [0, 0.1) is 18.6 Å². The van der Waals surface area contributed by atoms with Crippen molar-refractivity contribution in [2.24, 2.45) is 0 Å². The van der Waals surface area contributed by atoms with Crippen LogP contribution in [0.25, 0.3) is 22.6 Å². The molecule has 132 valence electrons. The van der Waals surface area contributed by atoms with Gasteiger partial charge in [-0.1, -0.05) is 0 Å². The van der Waals surface area contributed by atoms with Gasteiger partial charge < -0.3 is 14.6 Å². The van der Waals surface area contributed by atoms with E-state index in [2.05, 4.69) is 19.9 Å². The number of aryl methyl sites for hydroxylation is 1. The van der Waals surface area contributed by atoms with Crippen LogP contribution in [0.5, 0.6) is 0 Å². The van der Waals surface area contributed by atoms with Crippen LogP contribution >= 0.6 is 12.4 Å². The van der Waals surface area contributed by atoms with Crippen molar-refractivity contribution < 1.29 is 13.5 Å². The Balaban J connectivity index is 0.00000182. The number of hydrogen-bond donors (Lipinski definition) is 1. The molecule has 3 aliphatic rings. The van der Waals surface area contributed by atoms with Gasteiger partial charge in [-0.3, -0.25) is 0 Å². The number of morpholine rings is 1. The predicted octanol–water partition coefficient (Wildman–Crippen LogP) is 3.42. The van der Waals surface area contributed by atoms with E-state index >= 15 is 0 Å². The second kappa shape index (κ2) is 6.93. The molecule has 0 aliphatic carbocycles. The Morgan fingerprint density at radius 3 is 2.56 bits per heavy atom. The smallest absolute Gasteiger partial charge is 0.159 e. The van der Waals surface area contributed by atoms with Crippen molar-refractivity contribution in [2.75, 3.05) is 31.2 Å². The van der Waals surface area contributed by atoms with E-state index in [0.717, 1.165) is 48.3 Å². The SMILES string of the molecule is Cc1nc(N2CCOCC2)c2nc(-c3ccc(F)c(F)c3)cc-2[nH]1.Cl. The summed E-state index contributed by atoms with van der Waals surface area (Å²) in [6, 6.07) is 5.63. The van der Waals surface area contributed by atoms with E-state index in [-0.39, 0.29) is 12.4 Å². The largest absolute Gasteiger partial charge is 0.378 e. The number of fused-ring (bicyclic) bond motifs is 1. The highest BCUT2D eigenvalue weighted by atomic mass is 35.5. The van der Waals surface area contributed by atoms with Crippen molar-refractivity contribution in [2.45, 2.75) is 6.92 Å². The Kier molecular flexibility index (Phi) is 4.87. The lowest BCUT2D eigenvalue weighted by atomic mass is 10.1. The first-order valence-corrected chi connectivity index (χ1v) is 7.77. The molecule has 5 nitrogen and oxygen atoms in total. The van der Waals surface area contributed by atoms with Crippen molar-refractivity contribution >= 4 is 18.2 Å². The van der Waals surface area contributed by atoms with Crippen LogP contribution in [-0.2, 0) is 4.74 Å². The summed E-state index contributed by atoms with van der Waals surface area (Å²) in [5.74, 6) is -0.189. The lowest BCUT2D eigenvalue weighted by molar-refractivity contribution is 0.122. The lowest BCUT2D eigenvalue weighted by Gasteiger charge is -2.29. The molecule has 0 saturated carbocycles. The average Bonchev–Trinajstić information content (AvgIpc) is 3.01. The van der Waals surface area contributed by atoms with E-state index in [1.807, 2.05) is 13.0 Å². The zero-order chi connectivity index (χ0) is 16.7. The molecule has 25 heavy (non-hydrogen) atoms. The topological polar surface area (TPSA) is 54.0 Å². The third-order valence-electron chi connectivity index (χ3n) is 4.10. The Hall–Kier alpha value is -2.25. The Morgan fingerprint density at radius 1 is 1.08 bits per heavy atom. The molecule has 0 radical (unpaired) electrons. The first-order valence-electron chi connectivity index (χ1n) is 7.77. The zero-order valence-electron chi connectivity index (χ0n) is 13.6. The summed E-state index contributed by atoms with van der Waals surface area (Å²) in [5, 5.41) is 0. The van der Waals surface area contributed by atoms with Crippen molar-refractivity contribution in [1.29, 1.82) is 0 Å². The molecule has 1 aromatic rings. The summed E-state index contributed by atoms with van der Waals surface area (Å²) in [7, 11) is 0. The van der Waals surface area contributed by atoms with Crippen molar-refractivity contribution in [3.05, 3.63) is 41.7 Å². The molecule has 1 saturated heterocycles. The van der Waals surface area contributed by atoms with Crippen molar-refractivity contribution in [1.82, 2.24) is 15.0 Å². The second-order valence-corrected chi connectivity index (χ2v) is 5.78. The molecule has 4 rings (SSSR count). The second-order valence-electron chi connectivity index (χ2n) is 5.78. The van der Waals surface area contributed by atoms with Crippen LogP contribution in [0.3, 0.4) is 0 Å². The number of H-pyrrole nitrogens is 1. The fraction of sp³-hybridized carbons (Fsp3) is 0.294. The van der Waals surface area contributed by atoms with Crippen LogP contribution in [0.1, 0.15) is 5.82 Å². The van der Waals surface area contributed by atoms with Crippen LogP contribution in [0.4, 0.5) is 14.6 Å². The van der Waals surface area contributed by atoms with Gasteiger partial charge in [0.05, 0.1) is 24.6 Å². The number of aromatic amines is 1. The monoisotopic (exact) mass is 366 g/mol. The van der Waals surface area contributed by atoms with Crippen LogP contribution in [0.15, 0.2) is 24.3 Å².